The second-order valence-electron chi connectivity index (χ2n) is 3.82. The maximum atomic E-state index is 6.23. The number of hydrogen-bond acceptors (Lipinski definition) is 4. The molecule has 0 radical (unpaired) electrons. The maximum absolute atomic E-state index is 6.23. The predicted molar refractivity (Wildman–Crippen MR) is 47.9 cm³/mol. The highest BCUT2D eigenvalue weighted by molar-refractivity contribution is 5.00. The van der Waals surface area contributed by atoms with E-state index in [9.17, 15) is 0 Å². The molecule has 0 atom stereocenters. The second kappa shape index (κ2) is 3.46. The molecule has 2 N–H and O–H groups in total. The van der Waals surface area contributed by atoms with Crippen molar-refractivity contribution in [3.63, 3.8) is 0 Å². The molecule has 72 valence electrons. The van der Waals surface area contributed by atoms with E-state index in [0.717, 1.165) is 12.8 Å². The van der Waals surface area contributed by atoms with E-state index in [1.165, 1.54) is 32.0 Å². The third kappa shape index (κ3) is 1.72. The van der Waals surface area contributed by atoms with Gasteiger partial charge in [0.15, 0.2) is 6.33 Å². The van der Waals surface area contributed by atoms with Crippen LogP contribution in [0, 0.1) is 0 Å². The van der Waals surface area contributed by atoms with Crippen LogP contribution >= 0.6 is 0 Å². The minimum atomic E-state index is -0.354. The third-order valence-electron chi connectivity index (χ3n) is 2.78. The van der Waals surface area contributed by atoms with Gasteiger partial charge >= 0.3 is 0 Å². The van der Waals surface area contributed by atoms with Gasteiger partial charge in [-0.1, -0.05) is 30.8 Å². The van der Waals surface area contributed by atoms with Crippen molar-refractivity contribution in [3.05, 3.63) is 12.2 Å². The molecule has 4 heteroatoms. The molecule has 1 saturated carbocycles. The van der Waals surface area contributed by atoms with Crippen LogP contribution in [0.15, 0.2) is 10.9 Å². The number of rotatable bonds is 1. The summed E-state index contributed by atoms with van der Waals surface area (Å²) in [5.74, 6) is 0.606. The van der Waals surface area contributed by atoms with Crippen molar-refractivity contribution in [3.8, 4) is 0 Å². The highest BCUT2D eigenvalue weighted by Crippen LogP contribution is 2.32. The Bertz CT molecular complexity index is 250. The first-order valence-corrected chi connectivity index (χ1v) is 4.87. The van der Waals surface area contributed by atoms with Crippen LogP contribution in [-0.4, -0.2) is 10.1 Å². The molecule has 4 nitrogen and oxygen atoms in total. The Kier molecular flexibility index (Phi) is 2.31. The fourth-order valence-corrected chi connectivity index (χ4v) is 1.97. The molecule has 0 saturated heterocycles. The van der Waals surface area contributed by atoms with Crippen LogP contribution in [0.2, 0.25) is 0 Å². The Morgan fingerprint density at radius 3 is 2.46 bits per heavy atom. The standard InChI is InChI=1S/C9H15N3O/c10-9(8-11-7-12-13-8)5-3-1-2-4-6-9/h7H,1-6,10H2. The van der Waals surface area contributed by atoms with Gasteiger partial charge in [-0.2, -0.15) is 4.98 Å². The Hall–Kier alpha value is -0.900. The first kappa shape index (κ1) is 8.69. The van der Waals surface area contributed by atoms with Gasteiger partial charge in [-0.15, -0.1) is 0 Å². The number of nitrogens with zero attached hydrogens (tertiary/aromatic N) is 2. The Balaban J connectivity index is 2.17. The minimum absolute atomic E-state index is 0.354. The highest BCUT2D eigenvalue weighted by atomic mass is 16.5. The van der Waals surface area contributed by atoms with E-state index in [1.807, 2.05) is 0 Å². The molecular formula is C9H15N3O. The highest BCUT2D eigenvalue weighted by Gasteiger charge is 2.33. The third-order valence-corrected chi connectivity index (χ3v) is 2.78. The Morgan fingerprint density at radius 1 is 1.23 bits per heavy atom. The lowest BCUT2D eigenvalue weighted by Crippen LogP contribution is -2.36. The molecule has 1 aliphatic rings. The van der Waals surface area contributed by atoms with Gasteiger partial charge < -0.3 is 10.3 Å². The summed E-state index contributed by atoms with van der Waals surface area (Å²) in [6, 6.07) is 0. The molecule has 0 bridgehead atoms. The second-order valence-corrected chi connectivity index (χ2v) is 3.82. The van der Waals surface area contributed by atoms with Crippen LogP contribution in [0.25, 0.3) is 0 Å². The summed E-state index contributed by atoms with van der Waals surface area (Å²) in [7, 11) is 0. The van der Waals surface area contributed by atoms with Crippen LogP contribution in [0.1, 0.15) is 44.4 Å². The van der Waals surface area contributed by atoms with E-state index in [2.05, 4.69) is 10.1 Å². The van der Waals surface area contributed by atoms with Crippen LogP contribution in [0.5, 0.6) is 0 Å². The fourth-order valence-electron chi connectivity index (χ4n) is 1.97. The van der Waals surface area contributed by atoms with Gasteiger partial charge in [-0.3, -0.25) is 0 Å². The van der Waals surface area contributed by atoms with Crippen LogP contribution < -0.4 is 5.73 Å². The van der Waals surface area contributed by atoms with Crippen molar-refractivity contribution in [2.75, 3.05) is 0 Å². The van der Waals surface area contributed by atoms with Crippen molar-refractivity contribution in [2.45, 2.75) is 44.1 Å². The molecule has 2 rings (SSSR count). The summed E-state index contributed by atoms with van der Waals surface area (Å²) < 4.78 is 5.05. The fraction of sp³-hybridized carbons (Fsp3) is 0.778. The summed E-state index contributed by atoms with van der Waals surface area (Å²) in [4.78, 5) is 4.05. The largest absolute Gasteiger partial charge is 0.338 e. The van der Waals surface area contributed by atoms with E-state index in [-0.39, 0.29) is 5.54 Å². The number of hydrogen-bond donors (Lipinski definition) is 1. The zero-order valence-corrected chi connectivity index (χ0v) is 7.70. The van der Waals surface area contributed by atoms with Gasteiger partial charge in [0.1, 0.15) is 0 Å². The molecule has 13 heavy (non-hydrogen) atoms. The van der Waals surface area contributed by atoms with Gasteiger partial charge in [0.2, 0.25) is 5.89 Å². The normalized spacial score (nSPS) is 22.5. The molecule has 1 aromatic heterocycles. The molecule has 0 unspecified atom stereocenters. The van der Waals surface area contributed by atoms with Gasteiger partial charge in [0.05, 0.1) is 5.54 Å². The number of nitrogens with two attached hydrogens (primary N) is 1. The molecule has 0 aliphatic heterocycles. The maximum Gasteiger partial charge on any atom is 0.246 e. The quantitative estimate of drug-likeness (QED) is 0.668. The van der Waals surface area contributed by atoms with Gasteiger partial charge in [-0.25, -0.2) is 0 Å². The van der Waals surface area contributed by atoms with Gasteiger partial charge in [-0.05, 0) is 12.8 Å². The topological polar surface area (TPSA) is 64.9 Å². The van der Waals surface area contributed by atoms with Crippen molar-refractivity contribution < 1.29 is 4.52 Å². The summed E-state index contributed by atoms with van der Waals surface area (Å²) in [6.45, 7) is 0. The van der Waals surface area contributed by atoms with Crippen molar-refractivity contribution >= 4 is 0 Å². The van der Waals surface area contributed by atoms with Crippen molar-refractivity contribution in [2.24, 2.45) is 5.73 Å². The summed E-state index contributed by atoms with van der Waals surface area (Å²) in [5, 5.41) is 3.61. The van der Waals surface area contributed by atoms with Gasteiger partial charge in [0, 0.05) is 0 Å². The minimum Gasteiger partial charge on any atom is -0.338 e. The van der Waals surface area contributed by atoms with Crippen LogP contribution in [-0.2, 0) is 5.54 Å². The lowest BCUT2D eigenvalue weighted by Gasteiger charge is -2.22. The monoisotopic (exact) mass is 181 g/mol. The van der Waals surface area contributed by atoms with E-state index < -0.39 is 0 Å². The van der Waals surface area contributed by atoms with Crippen LogP contribution in [0.4, 0.5) is 0 Å². The van der Waals surface area contributed by atoms with Crippen molar-refractivity contribution in [1.82, 2.24) is 10.1 Å². The molecule has 1 heterocycles. The molecule has 0 amide bonds. The Morgan fingerprint density at radius 2 is 1.92 bits per heavy atom. The van der Waals surface area contributed by atoms with Crippen LogP contribution in [0.3, 0.4) is 0 Å². The lowest BCUT2D eigenvalue weighted by molar-refractivity contribution is 0.257. The molecule has 1 fully saturated rings. The lowest BCUT2D eigenvalue weighted by atomic mass is 9.91. The summed E-state index contributed by atoms with van der Waals surface area (Å²) in [5.41, 5.74) is 5.87. The first-order valence-electron chi connectivity index (χ1n) is 4.87. The Labute approximate surface area is 77.5 Å². The zero-order valence-electron chi connectivity index (χ0n) is 7.70. The summed E-state index contributed by atoms with van der Waals surface area (Å²) in [6.07, 6.45) is 8.23. The van der Waals surface area contributed by atoms with Gasteiger partial charge in [0.25, 0.3) is 0 Å². The summed E-state index contributed by atoms with van der Waals surface area (Å²) >= 11 is 0. The average Bonchev–Trinajstić information content (AvgIpc) is 2.57. The van der Waals surface area contributed by atoms with E-state index in [4.69, 9.17) is 10.3 Å². The smallest absolute Gasteiger partial charge is 0.246 e. The predicted octanol–water partition coefficient (Wildman–Crippen LogP) is 1.58. The average molecular weight is 181 g/mol. The molecular weight excluding hydrogens is 166 g/mol. The molecule has 1 aromatic rings. The van der Waals surface area contributed by atoms with E-state index >= 15 is 0 Å². The first-order chi connectivity index (χ1) is 6.31. The zero-order chi connectivity index (χ0) is 9.15. The SMILES string of the molecule is NC1(c2ncno2)CCCCCC1. The number of aromatic nitrogens is 2. The molecule has 0 aromatic carbocycles. The molecule has 1 aliphatic carbocycles. The van der Waals surface area contributed by atoms with E-state index in [1.54, 1.807) is 0 Å². The molecule has 0 spiro atoms. The van der Waals surface area contributed by atoms with Crippen molar-refractivity contribution in [1.29, 1.82) is 0 Å². The van der Waals surface area contributed by atoms with E-state index in [0.29, 0.717) is 5.89 Å².